The number of hydrogen-bond donors (Lipinski definition) is 2. The smallest absolute Gasteiger partial charge is 0.280 e. The Hall–Kier alpha value is -2.86. The monoisotopic (exact) mass is 345 g/mol. The quantitative estimate of drug-likeness (QED) is 0.646. The van der Waals surface area contributed by atoms with Gasteiger partial charge in [0.2, 0.25) is 0 Å². The van der Waals surface area contributed by atoms with E-state index >= 15 is 0 Å². The van der Waals surface area contributed by atoms with Crippen molar-refractivity contribution in [1.29, 1.82) is 0 Å². The topological polar surface area (TPSA) is 90.7 Å². The normalized spacial score (nSPS) is 12.7. The lowest BCUT2D eigenvalue weighted by molar-refractivity contribution is 0.100. The number of nitrogens with zero attached hydrogens (tertiary/aromatic N) is 1. The minimum Gasteiger partial charge on any atom is -0.489 e. The number of guanidine groups is 1. The summed E-state index contributed by atoms with van der Waals surface area (Å²) in [6, 6.07) is 9.36. The number of carbonyl (C=O) groups excluding carboxylic acids is 1. The third kappa shape index (κ3) is 2.96. The minimum absolute atomic E-state index is 0.0116. The van der Waals surface area contributed by atoms with Crippen molar-refractivity contribution in [3.63, 3.8) is 0 Å². The maximum absolute atomic E-state index is 13.8. The fraction of sp³-hybridized carbons (Fsp3) is 0.0588. The number of hydrogen-bond acceptors (Lipinski definition) is 2. The van der Waals surface area contributed by atoms with Crippen molar-refractivity contribution >= 4 is 29.0 Å². The molecule has 3 rings (SSSR count). The zero-order chi connectivity index (χ0) is 17.3. The fourth-order valence-electron chi connectivity index (χ4n) is 2.47. The Labute approximate surface area is 142 Å². The highest BCUT2D eigenvalue weighted by Gasteiger charge is 2.20. The molecule has 2 aromatic rings. The first-order valence-electron chi connectivity index (χ1n) is 7.03. The molecule has 1 aliphatic heterocycles. The Balaban J connectivity index is 2.11. The third-order valence-electron chi connectivity index (χ3n) is 3.52. The molecule has 0 atom stereocenters. The number of ether oxygens (including phenoxy) is 1. The van der Waals surface area contributed by atoms with Crippen LogP contribution in [0.15, 0.2) is 47.5 Å². The van der Waals surface area contributed by atoms with Gasteiger partial charge in [0.1, 0.15) is 18.2 Å². The lowest BCUT2D eigenvalue weighted by Gasteiger charge is -2.20. The molecule has 2 aromatic carbocycles. The number of benzene rings is 2. The molecule has 24 heavy (non-hydrogen) atoms. The predicted octanol–water partition coefficient (Wildman–Crippen LogP) is 2.72. The van der Waals surface area contributed by atoms with Crippen LogP contribution in [0.4, 0.5) is 4.39 Å². The lowest BCUT2D eigenvalue weighted by atomic mass is 9.93. The summed E-state index contributed by atoms with van der Waals surface area (Å²) in [4.78, 5) is 15.5. The first-order valence-corrected chi connectivity index (χ1v) is 7.41. The molecule has 4 N–H and O–H groups in total. The number of fused-ring (bicyclic) bond motifs is 1. The van der Waals surface area contributed by atoms with Crippen LogP contribution in [0.3, 0.4) is 0 Å². The van der Waals surface area contributed by atoms with Gasteiger partial charge >= 0.3 is 0 Å². The molecule has 122 valence electrons. The zero-order valence-electron chi connectivity index (χ0n) is 12.4. The molecule has 1 heterocycles. The maximum Gasteiger partial charge on any atom is 0.280 e. The van der Waals surface area contributed by atoms with Gasteiger partial charge in [-0.3, -0.25) is 4.79 Å². The molecule has 0 saturated carbocycles. The van der Waals surface area contributed by atoms with Crippen molar-refractivity contribution in [3.05, 3.63) is 70.0 Å². The van der Waals surface area contributed by atoms with Gasteiger partial charge in [0.05, 0.1) is 5.02 Å². The van der Waals surface area contributed by atoms with E-state index in [-0.39, 0.29) is 16.5 Å². The standard InChI is InChI=1S/C17H13ClFN3O2/c18-15-11(2-1-3-13(15)19)10-6-7-24-14-5-4-9(8-12(10)14)16(23)22-17(20)21/h1-6,8H,7H2,(H4,20,21,22,23). The molecule has 0 fully saturated rings. The van der Waals surface area contributed by atoms with Crippen molar-refractivity contribution in [2.75, 3.05) is 6.61 Å². The summed E-state index contributed by atoms with van der Waals surface area (Å²) >= 11 is 6.09. The zero-order valence-corrected chi connectivity index (χ0v) is 13.2. The van der Waals surface area contributed by atoms with E-state index in [1.54, 1.807) is 36.4 Å². The average Bonchev–Trinajstić information content (AvgIpc) is 2.56. The van der Waals surface area contributed by atoms with Gasteiger partial charge in [-0.15, -0.1) is 0 Å². The Morgan fingerprint density at radius 3 is 2.75 bits per heavy atom. The van der Waals surface area contributed by atoms with Crippen LogP contribution < -0.4 is 16.2 Å². The Kier molecular flexibility index (Phi) is 4.22. The van der Waals surface area contributed by atoms with E-state index in [1.165, 1.54) is 6.07 Å². The molecule has 7 heteroatoms. The van der Waals surface area contributed by atoms with E-state index in [0.29, 0.717) is 29.1 Å². The second-order valence-electron chi connectivity index (χ2n) is 5.08. The summed E-state index contributed by atoms with van der Waals surface area (Å²) in [6.07, 6.45) is 1.78. The van der Waals surface area contributed by atoms with Crippen LogP contribution in [0.5, 0.6) is 5.75 Å². The molecule has 0 bridgehead atoms. The minimum atomic E-state index is -0.576. The number of carbonyl (C=O) groups is 1. The van der Waals surface area contributed by atoms with Crippen LogP contribution in [-0.2, 0) is 0 Å². The largest absolute Gasteiger partial charge is 0.489 e. The molecular weight excluding hydrogens is 333 g/mol. The number of halogens is 2. The van der Waals surface area contributed by atoms with Gasteiger partial charge in [0.25, 0.3) is 5.91 Å². The highest BCUT2D eigenvalue weighted by molar-refractivity contribution is 6.32. The lowest BCUT2D eigenvalue weighted by Crippen LogP contribution is -2.24. The Bertz CT molecular complexity index is 889. The third-order valence-corrected chi connectivity index (χ3v) is 3.90. The molecule has 0 unspecified atom stereocenters. The molecule has 5 nitrogen and oxygen atoms in total. The van der Waals surface area contributed by atoms with E-state index < -0.39 is 11.7 Å². The van der Waals surface area contributed by atoms with Crippen LogP contribution >= 0.6 is 11.6 Å². The Morgan fingerprint density at radius 1 is 1.21 bits per heavy atom. The van der Waals surface area contributed by atoms with E-state index in [0.717, 1.165) is 0 Å². The number of aliphatic imine (C=N–C) groups is 1. The van der Waals surface area contributed by atoms with Crippen LogP contribution in [0.2, 0.25) is 5.02 Å². The van der Waals surface area contributed by atoms with Gasteiger partial charge in [0.15, 0.2) is 5.96 Å². The van der Waals surface area contributed by atoms with Crippen molar-refractivity contribution in [2.24, 2.45) is 16.5 Å². The molecule has 1 aliphatic rings. The van der Waals surface area contributed by atoms with E-state index in [9.17, 15) is 9.18 Å². The van der Waals surface area contributed by atoms with Gasteiger partial charge < -0.3 is 16.2 Å². The van der Waals surface area contributed by atoms with Gasteiger partial charge in [-0.05, 0) is 35.9 Å². The first kappa shape index (κ1) is 16.0. The summed E-state index contributed by atoms with van der Waals surface area (Å²) in [5, 5.41) is 0.0116. The number of nitrogens with two attached hydrogens (primary N) is 2. The van der Waals surface area contributed by atoms with Gasteiger partial charge in [-0.25, -0.2) is 4.39 Å². The molecule has 0 radical (unpaired) electrons. The van der Waals surface area contributed by atoms with Crippen molar-refractivity contribution in [2.45, 2.75) is 0 Å². The van der Waals surface area contributed by atoms with Gasteiger partial charge in [0, 0.05) is 16.7 Å². The average molecular weight is 346 g/mol. The Morgan fingerprint density at radius 2 is 2.00 bits per heavy atom. The molecule has 0 spiro atoms. The maximum atomic E-state index is 13.8. The summed E-state index contributed by atoms with van der Waals surface area (Å²) in [6.45, 7) is 0.316. The summed E-state index contributed by atoms with van der Waals surface area (Å²) in [5.41, 5.74) is 12.6. The fourth-order valence-corrected chi connectivity index (χ4v) is 2.70. The molecule has 0 aromatic heterocycles. The molecule has 1 amide bonds. The second kappa shape index (κ2) is 6.33. The number of rotatable bonds is 2. The molecular formula is C17H13ClFN3O2. The summed E-state index contributed by atoms with van der Waals surface area (Å²) in [7, 11) is 0. The van der Waals surface area contributed by atoms with Crippen LogP contribution in [0.1, 0.15) is 21.5 Å². The number of amides is 1. The van der Waals surface area contributed by atoms with Crippen molar-refractivity contribution in [1.82, 2.24) is 0 Å². The first-order chi connectivity index (χ1) is 11.5. The highest BCUT2D eigenvalue weighted by Crippen LogP contribution is 2.38. The van der Waals surface area contributed by atoms with Crippen molar-refractivity contribution in [3.8, 4) is 5.75 Å². The van der Waals surface area contributed by atoms with Gasteiger partial charge in [-0.2, -0.15) is 4.99 Å². The second-order valence-corrected chi connectivity index (χ2v) is 5.46. The summed E-state index contributed by atoms with van der Waals surface area (Å²) in [5.74, 6) is -0.851. The predicted molar refractivity (Wildman–Crippen MR) is 90.6 cm³/mol. The van der Waals surface area contributed by atoms with E-state index in [2.05, 4.69) is 4.99 Å². The van der Waals surface area contributed by atoms with Gasteiger partial charge in [-0.1, -0.05) is 23.7 Å². The van der Waals surface area contributed by atoms with Crippen LogP contribution in [0.25, 0.3) is 5.57 Å². The summed E-state index contributed by atoms with van der Waals surface area (Å²) < 4.78 is 19.3. The highest BCUT2D eigenvalue weighted by atomic mass is 35.5. The molecule has 0 aliphatic carbocycles. The van der Waals surface area contributed by atoms with Crippen molar-refractivity contribution < 1.29 is 13.9 Å². The SMILES string of the molecule is NC(N)=NC(=O)c1ccc2c(c1)C(c1cccc(F)c1Cl)=CCO2. The van der Waals surface area contributed by atoms with E-state index in [1.807, 2.05) is 0 Å². The molecule has 0 saturated heterocycles. The van der Waals surface area contributed by atoms with Crippen LogP contribution in [0, 0.1) is 5.82 Å². The van der Waals surface area contributed by atoms with E-state index in [4.69, 9.17) is 27.8 Å². The van der Waals surface area contributed by atoms with Crippen LogP contribution in [-0.4, -0.2) is 18.5 Å².